The minimum absolute atomic E-state index is 0.128. The van der Waals surface area contributed by atoms with Gasteiger partial charge in [0.25, 0.3) is 0 Å². The van der Waals surface area contributed by atoms with Gasteiger partial charge in [0, 0.05) is 23.9 Å². The summed E-state index contributed by atoms with van der Waals surface area (Å²) in [6, 6.07) is 12.1. The summed E-state index contributed by atoms with van der Waals surface area (Å²) in [5.41, 5.74) is 3.64. The minimum Gasteiger partial charge on any atom is -0.497 e. The van der Waals surface area contributed by atoms with Crippen molar-refractivity contribution in [1.29, 1.82) is 0 Å². The number of carbonyl (C=O) groups is 1. The number of methoxy groups -OCH3 is 1. The largest absolute Gasteiger partial charge is 0.497 e. The lowest BCUT2D eigenvalue weighted by Gasteiger charge is -2.20. The highest BCUT2D eigenvalue weighted by Gasteiger charge is 2.17. The van der Waals surface area contributed by atoms with Crippen LogP contribution in [0.4, 0.5) is 0 Å². The van der Waals surface area contributed by atoms with Crippen molar-refractivity contribution in [2.75, 3.05) is 7.11 Å². The van der Waals surface area contributed by atoms with Crippen LogP contribution in [0.3, 0.4) is 0 Å². The molecule has 2 aromatic heterocycles. The Labute approximate surface area is 196 Å². The number of hydrogen-bond donors (Lipinski definition) is 0. The maximum Gasteiger partial charge on any atom is 0.306 e. The van der Waals surface area contributed by atoms with E-state index in [9.17, 15) is 4.79 Å². The molecule has 3 rings (SSSR count). The average Bonchev–Trinajstić information content (AvgIpc) is 3.24. The third-order valence-electron chi connectivity index (χ3n) is 5.38. The Kier molecular flexibility index (Phi) is 8.20. The molecule has 2 heterocycles. The van der Waals surface area contributed by atoms with E-state index >= 15 is 0 Å². The first kappa shape index (κ1) is 24.4. The predicted octanol–water partition coefficient (Wildman–Crippen LogP) is 5.09. The smallest absolute Gasteiger partial charge is 0.306 e. The first-order valence-corrected chi connectivity index (χ1v) is 11.4. The van der Waals surface area contributed by atoms with E-state index in [-0.39, 0.29) is 5.97 Å². The molecule has 7 nitrogen and oxygen atoms in total. The molecule has 0 bridgehead atoms. The summed E-state index contributed by atoms with van der Waals surface area (Å²) in [6.45, 7) is 8.47. The molecule has 0 aliphatic rings. The number of aromatic nitrogens is 4. The number of benzene rings is 1. The highest BCUT2D eigenvalue weighted by atomic mass is 16.6. The van der Waals surface area contributed by atoms with Gasteiger partial charge in [-0.3, -0.25) is 9.78 Å². The molecule has 0 saturated carbocycles. The van der Waals surface area contributed by atoms with E-state index in [4.69, 9.17) is 9.47 Å². The van der Waals surface area contributed by atoms with Crippen LogP contribution >= 0.6 is 0 Å². The van der Waals surface area contributed by atoms with Crippen molar-refractivity contribution < 1.29 is 14.3 Å². The van der Waals surface area contributed by atoms with E-state index < -0.39 is 5.60 Å². The van der Waals surface area contributed by atoms with Crippen LogP contribution in [0.5, 0.6) is 5.75 Å². The van der Waals surface area contributed by atoms with Crippen molar-refractivity contribution >= 4 is 5.97 Å². The van der Waals surface area contributed by atoms with E-state index in [1.165, 1.54) is 0 Å². The summed E-state index contributed by atoms with van der Waals surface area (Å²) in [4.78, 5) is 16.6. The lowest BCUT2D eigenvalue weighted by atomic mass is 9.98. The van der Waals surface area contributed by atoms with Crippen LogP contribution in [0, 0.1) is 5.92 Å². The van der Waals surface area contributed by atoms with Crippen LogP contribution in [-0.4, -0.2) is 38.7 Å². The summed E-state index contributed by atoms with van der Waals surface area (Å²) in [5, 5.41) is 8.33. The van der Waals surface area contributed by atoms with E-state index in [2.05, 4.69) is 34.4 Å². The van der Waals surface area contributed by atoms with Gasteiger partial charge < -0.3 is 9.47 Å². The average molecular weight is 451 g/mol. The Hall–Kier alpha value is -3.22. The molecule has 0 aliphatic heterocycles. The monoisotopic (exact) mass is 450 g/mol. The molecular weight excluding hydrogens is 416 g/mol. The van der Waals surface area contributed by atoms with Gasteiger partial charge in [0.05, 0.1) is 25.5 Å². The normalized spacial score (nSPS) is 12.4. The fraction of sp³-hybridized carbons (Fsp3) is 0.462. The number of ether oxygens (including phenoxy) is 2. The fourth-order valence-corrected chi connectivity index (χ4v) is 3.52. The lowest BCUT2D eigenvalue weighted by Crippen LogP contribution is -2.24. The number of hydrogen-bond acceptors (Lipinski definition) is 6. The van der Waals surface area contributed by atoms with Gasteiger partial charge in [-0.05, 0) is 75.8 Å². The molecular formula is C26H34N4O3. The maximum absolute atomic E-state index is 11.9. The summed E-state index contributed by atoms with van der Waals surface area (Å²) >= 11 is 0. The lowest BCUT2D eigenvalue weighted by molar-refractivity contribution is -0.155. The predicted molar refractivity (Wildman–Crippen MR) is 128 cm³/mol. The maximum atomic E-state index is 11.9. The fourth-order valence-electron chi connectivity index (χ4n) is 3.52. The Morgan fingerprint density at radius 3 is 2.45 bits per heavy atom. The zero-order valence-corrected chi connectivity index (χ0v) is 20.2. The molecule has 1 unspecified atom stereocenters. The van der Waals surface area contributed by atoms with Gasteiger partial charge >= 0.3 is 5.97 Å². The van der Waals surface area contributed by atoms with Crippen molar-refractivity contribution in [3.05, 3.63) is 60.0 Å². The topological polar surface area (TPSA) is 79.1 Å². The molecule has 0 fully saturated rings. The van der Waals surface area contributed by atoms with Crippen molar-refractivity contribution in [2.24, 2.45) is 5.92 Å². The van der Waals surface area contributed by atoms with Gasteiger partial charge in [0.1, 0.15) is 11.4 Å². The number of rotatable bonds is 10. The second-order valence-electron chi connectivity index (χ2n) is 9.43. The molecule has 176 valence electrons. The minimum atomic E-state index is -0.425. The number of esters is 1. The van der Waals surface area contributed by atoms with Crippen molar-refractivity contribution in [1.82, 2.24) is 20.0 Å². The molecule has 1 aromatic carbocycles. The van der Waals surface area contributed by atoms with E-state index in [1.807, 2.05) is 55.9 Å². The highest BCUT2D eigenvalue weighted by Crippen LogP contribution is 2.21. The molecule has 3 aromatic rings. The molecule has 7 heteroatoms. The Bertz CT molecular complexity index is 1020. The Morgan fingerprint density at radius 2 is 1.82 bits per heavy atom. The molecule has 1 atom stereocenters. The number of pyridine rings is 1. The molecule has 0 radical (unpaired) electrons. The standard InChI is InChI=1S/C26H34N4O3/c1-19(7-15-25(31)33-26(2,3)4)6-11-22-12-10-21(16-27-22)24-17-28-29-30(24)18-20-8-13-23(32-5)14-9-20/h8-10,12-14,16-17,19H,6-7,11,15,18H2,1-5H3. The van der Waals surface area contributed by atoms with E-state index in [0.29, 0.717) is 18.9 Å². The van der Waals surface area contributed by atoms with E-state index in [1.54, 1.807) is 13.3 Å². The summed E-state index contributed by atoms with van der Waals surface area (Å²) < 4.78 is 12.5. The van der Waals surface area contributed by atoms with Crippen LogP contribution < -0.4 is 4.74 Å². The third-order valence-corrected chi connectivity index (χ3v) is 5.38. The van der Waals surface area contributed by atoms with Gasteiger partial charge in [-0.15, -0.1) is 5.10 Å². The first-order chi connectivity index (χ1) is 15.7. The van der Waals surface area contributed by atoms with Crippen LogP contribution in [-0.2, 0) is 22.5 Å². The molecule has 33 heavy (non-hydrogen) atoms. The second kappa shape index (κ2) is 11.1. The van der Waals surface area contributed by atoms with Gasteiger partial charge in [-0.1, -0.05) is 24.3 Å². The van der Waals surface area contributed by atoms with Crippen LogP contribution in [0.15, 0.2) is 48.8 Å². The van der Waals surface area contributed by atoms with E-state index in [0.717, 1.165) is 47.5 Å². The Balaban J connectivity index is 1.52. The first-order valence-electron chi connectivity index (χ1n) is 11.4. The van der Waals surface area contributed by atoms with Gasteiger partial charge in [-0.2, -0.15) is 0 Å². The van der Waals surface area contributed by atoms with Gasteiger partial charge in [-0.25, -0.2) is 4.68 Å². The zero-order valence-electron chi connectivity index (χ0n) is 20.2. The SMILES string of the molecule is COc1ccc(Cn2nncc2-c2ccc(CCC(C)CCC(=O)OC(C)(C)C)nc2)cc1. The van der Waals surface area contributed by atoms with Crippen molar-refractivity contribution in [3.8, 4) is 17.0 Å². The summed E-state index contributed by atoms with van der Waals surface area (Å²) in [6.07, 6.45) is 6.77. The van der Waals surface area contributed by atoms with Crippen LogP contribution in [0.1, 0.15) is 58.2 Å². The summed E-state index contributed by atoms with van der Waals surface area (Å²) in [5.74, 6) is 1.13. The number of nitrogens with zero attached hydrogens (tertiary/aromatic N) is 4. The molecule has 0 saturated heterocycles. The Morgan fingerprint density at radius 1 is 1.06 bits per heavy atom. The highest BCUT2D eigenvalue weighted by molar-refractivity contribution is 5.69. The van der Waals surface area contributed by atoms with Crippen molar-refractivity contribution in [3.63, 3.8) is 0 Å². The van der Waals surface area contributed by atoms with Crippen molar-refractivity contribution in [2.45, 2.75) is 65.5 Å². The zero-order chi connectivity index (χ0) is 23.8. The molecule has 0 spiro atoms. The number of aryl methyl sites for hydroxylation is 1. The molecule has 0 amide bonds. The number of carbonyl (C=O) groups excluding carboxylic acids is 1. The second-order valence-corrected chi connectivity index (χ2v) is 9.43. The van der Waals surface area contributed by atoms with Crippen LogP contribution in [0.25, 0.3) is 11.3 Å². The molecule has 0 N–H and O–H groups in total. The summed E-state index contributed by atoms with van der Waals surface area (Å²) in [7, 11) is 1.66. The van der Waals surface area contributed by atoms with Gasteiger partial charge in [0.15, 0.2) is 0 Å². The van der Waals surface area contributed by atoms with Gasteiger partial charge in [0.2, 0.25) is 0 Å². The van der Waals surface area contributed by atoms with Crippen LogP contribution in [0.2, 0.25) is 0 Å². The molecule has 0 aliphatic carbocycles. The third kappa shape index (κ3) is 7.70. The quantitative estimate of drug-likeness (QED) is 0.401.